The maximum Gasteiger partial charge on any atom is 0.434 e. The van der Waals surface area contributed by atoms with E-state index in [1.807, 2.05) is 0 Å². The van der Waals surface area contributed by atoms with E-state index in [2.05, 4.69) is 10.1 Å². The number of carbonyl (C=O) groups is 1. The Morgan fingerprint density at radius 2 is 1.79 bits per heavy atom. The number of rotatable bonds is 7. The van der Waals surface area contributed by atoms with E-state index >= 15 is 0 Å². The van der Waals surface area contributed by atoms with Crippen LogP contribution in [0.3, 0.4) is 0 Å². The summed E-state index contributed by atoms with van der Waals surface area (Å²) in [5.74, 6) is -0.0753. The van der Waals surface area contributed by atoms with Crippen LogP contribution in [0.4, 0.5) is 13.2 Å². The lowest BCUT2D eigenvalue weighted by atomic mass is 10.2. The van der Waals surface area contributed by atoms with Crippen LogP contribution >= 0.6 is 0 Å². The molecule has 0 spiro atoms. The zero-order valence-corrected chi connectivity index (χ0v) is 15.2. The maximum atomic E-state index is 13.5. The van der Waals surface area contributed by atoms with Crippen molar-refractivity contribution >= 4 is 5.97 Å². The summed E-state index contributed by atoms with van der Waals surface area (Å²) in [5, 5.41) is 3.66. The third-order valence-corrected chi connectivity index (χ3v) is 3.77. The van der Waals surface area contributed by atoms with Gasteiger partial charge in [-0.25, -0.2) is 14.5 Å². The second-order valence-corrected chi connectivity index (χ2v) is 5.66. The Kier molecular flexibility index (Phi) is 6.01. The van der Waals surface area contributed by atoms with Crippen LogP contribution in [0.25, 0.3) is 5.82 Å². The highest BCUT2D eigenvalue weighted by Gasteiger charge is 2.41. The number of nitrogens with zero attached hydrogens (tertiary/aromatic N) is 3. The molecule has 7 nitrogen and oxygen atoms in total. The molecule has 0 aliphatic heterocycles. The van der Waals surface area contributed by atoms with Gasteiger partial charge < -0.3 is 14.2 Å². The summed E-state index contributed by atoms with van der Waals surface area (Å²) in [6, 6.07) is 11.1. The molecular weight excluding hydrogens is 391 g/mol. The number of hydrogen-bond donors (Lipinski definition) is 0. The van der Waals surface area contributed by atoms with Gasteiger partial charge in [-0.05, 0) is 36.4 Å². The largest absolute Gasteiger partial charge is 0.497 e. The van der Waals surface area contributed by atoms with E-state index in [1.165, 1.54) is 25.4 Å². The van der Waals surface area contributed by atoms with E-state index in [0.717, 1.165) is 6.20 Å². The normalized spacial score (nSPS) is 11.2. The minimum absolute atomic E-state index is 0.0339. The van der Waals surface area contributed by atoms with Crippen LogP contribution in [-0.4, -0.2) is 41.1 Å². The van der Waals surface area contributed by atoms with Gasteiger partial charge >= 0.3 is 12.1 Å². The first-order chi connectivity index (χ1) is 13.9. The molecule has 0 fully saturated rings. The minimum Gasteiger partial charge on any atom is -0.497 e. The highest BCUT2D eigenvalue weighted by Crippen LogP contribution is 2.33. The summed E-state index contributed by atoms with van der Waals surface area (Å²) in [7, 11) is 1.53. The smallest absolute Gasteiger partial charge is 0.434 e. The van der Waals surface area contributed by atoms with Crippen molar-refractivity contribution in [3.63, 3.8) is 0 Å². The summed E-state index contributed by atoms with van der Waals surface area (Å²) < 4.78 is 56.5. The zero-order chi connectivity index (χ0) is 20.9. The molecular formula is C19H16F3N3O4. The zero-order valence-electron chi connectivity index (χ0n) is 15.2. The van der Waals surface area contributed by atoms with E-state index in [1.54, 1.807) is 30.3 Å². The molecule has 0 aliphatic carbocycles. The molecule has 2 heterocycles. The summed E-state index contributed by atoms with van der Waals surface area (Å²) in [4.78, 5) is 16.0. The molecule has 0 atom stereocenters. The van der Waals surface area contributed by atoms with Crippen LogP contribution < -0.4 is 9.47 Å². The van der Waals surface area contributed by atoms with Gasteiger partial charge in [0.1, 0.15) is 30.3 Å². The third-order valence-electron chi connectivity index (χ3n) is 3.77. The second-order valence-electron chi connectivity index (χ2n) is 5.66. The predicted octanol–water partition coefficient (Wildman–Crippen LogP) is 3.53. The first-order valence-electron chi connectivity index (χ1n) is 8.40. The number of aromatic nitrogens is 3. The number of carbonyl (C=O) groups excluding carboxylic acids is 1. The second kappa shape index (κ2) is 8.63. The quantitative estimate of drug-likeness (QED) is 0.441. The van der Waals surface area contributed by atoms with Gasteiger partial charge in [0.25, 0.3) is 0 Å². The number of esters is 1. The topological polar surface area (TPSA) is 75.5 Å². The average molecular weight is 407 g/mol. The van der Waals surface area contributed by atoms with Gasteiger partial charge in [-0.15, -0.1) is 0 Å². The Bertz CT molecular complexity index is 957. The van der Waals surface area contributed by atoms with Crippen molar-refractivity contribution in [2.45, 2.75) is 6.18 Å². The SMILES string of the molecule is COc1ccc(OCCOC(=O)c2cnn(-c3ccccn3)c2C(F)(F)F)cc1. The lowest BCUT2D eigenvalue weighted by Gasteiger charge is -2.12. The first kappa shape index (κ1) is 20.2. The number of ether oxygens (including phenoxy) is 3. The summed E-state index contributed by atoms with van der Waals surface area (Å²) >= 11 is 0. The molecule has 0 unspecified atom stereocenters. The molecule has 0 bridgehead atoms. The molecule has 0 amide bonds. The van der Waals surface area contributed by atoms with Gasteiger partial charge in [0.15, 0.2) is 11.5 Å². The highest BCUT2D eigenvalue weighted by molar-refractivity contribution is 5.90. The van der Waals surface area contributed by atoms with Gasteiger partial charge in [0, 0.05) is 6.20 Å². The standard InChI is InChI=1S/C19H16F3N3O4/c1-27-13-5-7-14(8-6-13)28-10-11-29-18(26)15-12-24-25(17(15)19(20,21)22)16-4-2-3-9-23-16/h2-9,12H,10-11H2,1H3. The van der Waals surface area contributed by atoms with Crippen LogP contribution in [-0.2, 0) is 10.9 Å². The van der Waals surface area contributed by atoms with Gasteiger partial charge in [-0.2, -0.15) is 18.3 Å². The van der Waals surface area contributed by atoms with E-state index in [-0.39, 0.29) is 19.0 Å². The van der Waals surface area contributed by atoms with Crippen molar-refractivity contribution in [2.75, 3.05) is 20.3 Å². The predicted molar refractivity (Wildman–Crippen MR) is 95.1 cm³/mol. The van der Waals surface area contributed by atoms with Crippen LogP contribution in [0.5, 0.6) is 11.5 Å². The van der Waals surface area contributed by atoms with Crippen LogP contribution in [0.2, 0.25) is 0 Å². The number of hydrogen-bond acceptors (Lipinski definition) is 6. The van der Waals surface area contributed by atoms with Crippen molar-refractivity contribution in [3.8, 4) is 17.3 Å². The molecule has 152 valence electrons. The molecule has 3 aromatic rings. The van der Waals surface area contributed by atoms with Crippen molar-refractivity contribution in [1.82, 2.24) is 14.8 Å². The number of alkyl halides is 3. The summed E-state index contributed by atoms with van der Waals surface area (Å²) in [6.45, 7) is -0.273. The molecule has 2 aromatic heterocycles. The van der Waals surface area contributed by atoms with Gasteiger partial charge in [-0.1, -0.05) is 6.07 Å². The molecule has 0 saturated heterocycles. The molecule has 29 heavy (non-hydrogen) atoms. The molecule has 3 rings (SSSR count). The van der Waals surface area contributed by atoms with Crippen LogP contribution in [0.1, 0.15) is 16.1 Å². The lowest BCUT2D eigenvalue weighted by Crippen LogP contribution is -2.20. The summed E-state index contributed by atoms with van der Waals surface area (Å²) in [5.41, 5.74) is -1.95. The number of pyridine rings is 1. The third kappa shape index (κ3) is 4.84. The van der Waals surface area contributed by atoms with E-state index < -0.39 is 23.4 Å². The van der Waals surface area contributed by atoms with Crippen molar-refractivity contribution in [2.24, 2.45) is 0 Å². The van der Waals surface area contributed by atoms with Gasteiger partial charge in [-0.3, -0.25) is 0 Å². The number of benzene rings is 1. The van der Waals surface area contributed by atoms with Gasteiger partial charge in [0.2, 0.25) is 0 Å². The summed E-state index contributed by atoms with van der Waals surface area (Å²) in [6.07, 6.45) is -2.70. The lowest BCUT2D eigenvalue weighted by molar-refractivity contribution is -0.143. The Balaban J connectivity index is 1.66. The Hall–Kier alpha value is -3.56. The molecule has 0 N–H and O–H groups in total. The van der Waals surface area contributed by atoms with E-state index in [4.69, 9.17) is 14.2 Å². The Morgan fingerprint density at radius 1 is 1.07 bits per heavy atom. The number of methoxy groups -OCH3 is 1. The Morgan fingerprint density at radius 3 is 2.41 bits per heavy atom. The average Bonchev–Trinajstić information content (AvgIpc) is 3.18. The molecule has 1 aromatic carbocycles. The Labute approximate surface area is 163 Å². The molecule has 0 saturated carbocycles. The highest BCUT2D eigenvalue weighted by atomic mass is 19.4. The van der Waals surface area contributed by atoms with Crippen LogP contribution in [0, 0.1) is 0 Å². The minimum atomic E-state index is -4.83. The fraction of sp³-hybridized carbons (Fsp3) is 0.211. The molecule has 0 aliphatic rings. The van der Waals surface area contributed by atoms with E-state index in [9.17, 15) is 18.0 Å². The van der Waals surface area contributed by atoms with Crippen LogP contribution in [0.15, 0.2) is 54.9 Å². The number of halogens is 3. The van der Waals surface area contributed by atoms with E-state index in [0.29, 0.717) is 16.2 Å². The fourth-order valence-electron chi connectivity index (χ4n) is 2.47. The molecule has 0 radical (unpaired) electrons. The van der Waals surface area contributed by atoms with Crippen molar-refractivity contribution < 1.29 is 32.2 Å². The maximum absolute atomic E-state index is 13.5. The van der Waals surface area contributed by atoms with Gasteiger partial charge in [0.05, 0.1) is 13.3 Å². The molecule has 10 heteroatoms. The fourth-order valence-corrected chi connectivity index (χ4v) is 2.47. The van der Waals surface area contributed by atoms with Crippen molar-refractivity contribution in [1.29, 1.82) is 0 Å². The monoisotopic (exact) mass is 407 g/mol. The van der Waals surface area contributed by atoms with Crippen molar-refractivity contribution in [3.05, 3.63) is 66.1 Å². The first-order valence-corrected chi connectivity index (χ1v) is 8.40.